The van der Waals surface area contributed by atoms with E-state index in [1.807, 2.05) is 0 Å². The van der Waals surface area contributed by atoms with E-state index >= 15 is 0 Å². The van der Waals surface area contributed by atoms with Gasteiger partial charge in [0.2, 0.25) is 0 Å². The highest BCUT2D eigenvalue weighted by Crippen LogP contribution is 2.19. The predicted molar refractivity (Wildman–Crippen MR) is 67.9 cm³/mol. The van der Waals surface area contributed by atoms with E-state index in [4.69, 9.17) is 5.26 Å². The van der Waals surface area contributed by atoms with Gasteiger partial charge in [-0.1, -0.05) is 12.8 Å². The van der Waals surface area contributed by atoms with Crippen LogP contribution in [-0.2, 0) is 0 Å². The molecular weight excluding hydrogens is 203 g/mol. The van der Waals surface area contributed by atoms with Crippen LogP contribution in [0.5, 0.6) is 0 Å². The van der Waals surface area contributed by atoms with Gasteiger partial charge in [-0.3, -0.25) is 0 Å². The molecule has 0 aliphatic carbocycles. The molecular formula is C12H23N2P. The Labute approximate surface area is 96.2 Å². The van der Waals surface area contributed by atoms with E-state index in [1.54, 1.807) is 0 Å². The largest absolute Gasteiger partial charge is 0.300 e. The van der Waals surface area contributed by atoms with Crippen LogP contribution in [0.2, 0.25) is 0 Å². The Morgan fingerprint density at radius 1 is 1.27 bits per heavy atom. The average molecular weight is 226 g/mol. The normalized spacial score (nSPS) is 21.7. The lowest BCUT2D eigenvalue weighted by molar-refractivity contribution is 0.265. The summed E-state index contributed by atoms with van der Waals surface area (Å²) in [4.78, 5) is 2.64. The third kappa shape index (κ3) is 4.96. The van der Waals surface area contributed by atoms with E-state index in [-0.39, 0.29) is 0 Å². The second kappa shape index (κ2) is 8.08. The predicted octanol–water partition coefficient (Wildman–Crippen LogP) is 2.80. The molecule has 86 valence electrons. The van der Waals surface area contributed by atoms with Crippen molar-refractivity contribution in [2.24, 2.45) is 0 Å². The lowest BCUT2D eigenvalue weighted by Crippen LogP contribution is -2.31. The van der Waals surface area contributed by atoms with E-state index in [9.17, 15) is 0 Å². The summed E-state index contributed by atoms with van der Waals surface area (Å²) in [5.41, 5.74) is 0. The first-order valence-electron chi connectivity index (χ1n) is 6.19. The van der Waals surface area contributed by atoms with Crippen molar-refractivity contribution in [3.63, 3.8) is 0 Å². The van der Waals surface area contributed by atoms with Crippen LogP contribution >= 0.6 is 9.24 Å². The summed E-state index contributed by atoms with van der Waals surface area (Å²) in [6, 6.07) is 3.03. The number of nitrogens with zero attached hydrogens (tertiary/aromatic N) is 2. The van der Waals surface area contributed by atoms with Gasteiger partial charge in [-0.05, 0) is 44.9 Å². The summed E-state index contributed by atoms with van der Waals surface area (Å²) in [6.45, 7) is 2.57. The molecule has 2 unspecified atom stereocenters. The second-order valence-electron chi connectivity index (χ2n) is 4.39. The van der Waals surface area contributed by atoms with Gasteiger partial charge in [0.15, 0.2) is 0 Å². The maximum Gasteiger partial charge on any atom is 0.0621 e. The quantitative estimate of drug-likeness (QED) is 0.493. The Morgan fingerprint density at radius 3 is 2.80 bits per heavy atom. The van der Waals surface area contributed by atoms with Gasteiger partial charge in [0, 0.05) is 12.5 Å². The van der Waals surface area contributed by atoms with Crippen molar-refractivity contribution in [2.45, 2.75) is 51.0 Å². The van der Waals surface area contributed by atoms with E-state index in [1.165, 1.54) is 51.4 Å². The van der Waals surface area contributed by atoms with E-state index in [2.05, 4.69) is 20.2 Å². The lowest BCUT2D eigenvalue weighted by Gasteiger charge is -2.22. The third-order valence-electron chi connectivity index (χ3n) is 3.26. The highest BCUT2D eigenvalue weighted by atomic mass is 31.0. The van der Waals surface area contributed by atoms with Crippen molar-refractivity contribution in [3.05, 3.63) is 0 Å². The molecule has 1 aliphatic heterocycles. The van der Waals surface area contributed by atoms with Gasteiger partial charge in [0.05, 0.1) is 6.07 Å². The number of rotatable bonds is 7. The van der Waals surface area contributed by atoms with Crippen molar-refractivity contribution in [1.82, 2.24) is 4.90 Å². The minimum absolute atomic E-state index is 0.734. The molecule has 1 rings (SSSR count). The SMILES string of the molecule is N#CCCCCCCN1CCCC1CP. The first kappa shape index (κ1) is 12.9. The highest BCUT2D eigenvalue weighted by Gasteiger charge is 2.21. The molecule has 0 aromatic carbocycles. The van der Waals surface area contributed by atoms with Gasteiger partial charge in [0.1, 0.15) is 0 Å². The van der Waals surface area contributed by atoms with Crippen molar-refractivity contribution < 1.29 is 0 Å². The smallest absolute Gasteiger partial charge is 0.0621 e. The van der Waals surface area contributed by atoms with Crippen molar-refractivity contribution in [1.29, 1.82) is 5.26 Å². The number of nitriles is 1. The van der Waals surface area contributed by atoms with Gasteiger partial charge in [-0.25, -0.2) is 0 Å². The molecule has 2 nitrogen and oxygen atoms in total. The highest BCUT2D eigenvalue weighted by molar-refractivity contribution is 7.16. The van der Waals surface area contributed by atoms with Crippen molar-refractivity contribution in [3.8, 4) is 6.07 Å². The summed E-state index contributed by atoms with van der Waals surface area (Å²) in [6.07, 6.45) is 9.66. The zero-order valence-corrected chi connectivity index (χ0v) is 10.8. The van der Waals surface area contributed by atoms with E-state index < -0.39 is 0 Å². The molecule has 0 bridgehead atoms. The molecule has 1 saturated heterocycles. The minimum atomic E-state index is 0.734. The van der Waals surface area contributed by atoms with Crippen LogP contribution in [-0.4, -0.2) is 30.2 Å². The summed E-state index contributed by atoms with van der Waals surface area (Å²) in [5, 5.41) is 8.40. The third-order valence-corrected chi connectivity index (χ3v) is 3.80. The van der Waals surface area contributed by atoms with Crippen LogP contribution in [0.4, 0.5) is 0 Å². The molecule has 0 spiro atoms. The second-order valence-corrected chi connectivity index (χ2v) is 4.86. The zero-order valence-electron chi connectivity index (χ0n) is 9.62. The molecule has 0 amide bonds. The summed E-state index contributed by atoms with van der Waals surface area (Å²) in [5.74, 6) is 0. The zero-order chi connectivity index (χ0) is 10.9. The van der Waals surface area contributed by atoms with Crippen LogP contribution in [0.25, 0.3) is 0 Å². The Bertz CT molecular complexity index is 200. The van der Waals surface area contributed by atoms with Crippen molar-refractivity contribution >= 4 is 9.24 Å². The average Bonchev–Trinajstić information content (AvgIpc) is 2.70. The molecule has 15 heavy (non-hydrogen) atoms. The van der Waals surface area contributed by atoms with Crippen LogP contribution < -0.4 is 0 Å². The number of likely N-dealkylation sites (tertiary alicyclic amines) is 1. The fraction of sp³-hybridized carbons (Fsp3) is 0.917. The molecule has 1 fully saturated rings. The Balaban J connectivity index is 1.97. The van der Waals surface area contributed by atoms with E-state index in [0.29, 0.717) is 0 Å². The Kier molecular flexibility index (Phi) is 6.98. The topological polar surface area (TPSA) is 27.0 Å². The van der Waals surface area contributed by atoms with Crippen LogP contribution in [0, 0.1) is 11.3 Å². The fourth-order valence-corrected chi connectivity index (χ4v) is 2.86. The monoisotopic (exact) mass is 226 g/mol. The lowest BCUT2D eigenvalue weighted by atomic mass is 10.1. The molecule has 1 heterocycles. The minimum Gasteiger partial charge on any atom is -0.300 e. The van der Waals surface area contributed by atoms with Gasteiger partial charge in [0.25, 0.3) is 0 Å². The first-order chi connectivity index (χ1) is 7.38. The molecule has 0 saturated carbocycles. The van der Waals surface area contributed by atoms with Crippen LogP contribution in [0.15, 0.2) is 0 Å². The van der Waals surface area contributed by atoms with Crippen LogP contribution in [0.3, 0.4) is 0 Å². The first-order valence-corrected chi connectivity index (χ1v) is 7.01. The number of hydrogen-bond donors (Lipinski definition) is 0. The molecule has 0 aromatic heterocycles. The maximum atomic E-state index is 8.40. The summed E-state index contributed by atoms with van der Waals surface area (Å²) < 4.78 is 0. The van der Waals surface area contributed by atoms with Crippen molar-refractivity contribution in [2.75, 3.05) is 19.3 Å². The van der Waals surface area contributed by atoms with Gasteiger partial charge in [-0.2, -0.15) is 5.26 Å². The summed E-state index contributed by atoms with van der Waals surface area (Å²) in [7, 11) is 2.87. The molecule has 0 aromatic rings. The molecule has 2 atom stereocenters. The van der Waals surface area contributed by atoms with Gasteiger partial charge in [-0.15, -0.1) is 9.24 Å². The Hall–Kier alpha value is -0.120. The number of unbranched alkanes of at least 4 members (excludes halogenated alkanes) is 4. The molecule has 0 N–H and O–H groups in total. The fourth-order valence-electron chi connectivity index (χ4n) is 2.33. The molecule has 0 radical (unpaired) electrons. The standard InChI is InChI=1S/C12H23N2P/c13-8-4-2-1-3-5-9-14-10-6-7-12(14)11-15/h12H,1-7,9-11,15H2. The Morgan fingerprint density at radius 2 is 2.07 bits per heavy atom. The number of hydrogen-bond acceptors (Lipinski definition) is 2. The van der Waals surface area contributed by atoms with E-state index in [0.717, 1.165) is 18.9 Å². The van der Waals surface area contributed by atoms with Crippen LogP contribution in [0.1, 0.15) is 44.9 Å². The molecule has 3 heteroatoms. The van der Waals surface area contributed by atoms with Gasteiger partial charge < -0.3 is 4.90 Å². The maximum absolute atomic E-state index is 8.40. The van der Waals surface area contributed by atoms with Gasteiger partial charge >= 0.3 is 0 Å². The molecule has 1 aliphatic rings. The summed E-state index contributed by atoms with van der Waals surface area (Å²) >= 11 is 0.